The third kappa shape index (κ3) is 5.05. The topological polar surface area (TPSA) is 52.6 Å². The molecule has 1 aliphatic rings. The number of benzene rings is 1. The van der Waals surface area contributed by atoms with Crippen LogP contribution in [0.1, 0.15) is 31.7 Å². The Morgan fingerprint density at radius 3 is 3.00 bits per heavy atom. The number of phenols is 1. The number of hydrogen-bond acceptors (Lipinski definition) is 3. The van der Waals surface area contributed by atoms with E-state index in [1.54, 1.807) is 12.1 Å². The van der Waals surface area contributed by atoms with Gasteiger partial charge in [0.25, 0.3) is 0 Å². The van der Waals surface area contributed by atoms with Crippen LogP contribution in [-0.4, -0.2) is 42.1 Å². The van der Waals surface area contributed by atoms with Gasteiger partial charge in [0.1, 0.15) is 5.75 Å². The zero-order valence-corrected chi connectivity index (χ0v) is 12.8. The predicted molar refractivity (Wildman–Crippen MR) is 84.3 cm³/mol. The zero-order valence-electron chi connectivity index (χ0n) is 12.8. The van der Waals surface area contributed by atoms with E-state index in [4.69, 9.17) is 0 Å². The summed E-state index contributed by atoms with van der Waals surface area (Å²) in [6.07, 6.45) is 3.45. The van der Waals surface area contributed by atoms with Crippen LogP contribution in [0, 0.1) is 5.92 Å². The first-order valence-corrected chi connectivity index (χ1v) is 7.95. The van der Waals surface area contributed by atoms with Gasteiger partial charge in [0.05, 0.1) is 0 Å². The Morgan fingerprint density at radius 2 is 2.24 bits per heavy atom. The van der Waals surface area contributed by atoms with Crippen molar-refractivity contribution in [3.8, 4) is 5.75 Å². The molecule has 0 aliphatic carbocycles. The molecule has 1 atom stereocenters. The highest BCUT2D eigenvalue weighted by molar-refractivity contribution is 5.76. The second kappa shape index (κ2) is 8.03. The van der Waals surface area contributed by atoms with Gasteiger partial charge in [-0.3, -0.25) is 4.79 Å². The zero-order chi connectivity index (χ0) is 15.1. The van der Waals surface area contributed by atoms with Crippen LogP contribution < -0.4 is 5.32 Å². The molecule has 0 unspecified atom stereocenters. The average molecular weight is 290 g/mol. The van der Waals surface area contributed by atoms with Crippen molar-refractivity contribution in [1.29, 1.82) is 0 Å². The van der Waals surface area contributed by atoms with E-state index >= 15 is 0 Å². The second-order valence-corrected chi connectivity index (χ2v) is 5.83. The van der Waals surface area contributed by atoms with Gasteiger partial charge in [-0.25, -0.2) is 0 Å². The molecule has 116 valence electrons. The van der Waals surface area contributed by atoms with Crippen molar-refractivity contribution in [2.45, 2.75) is 32.6 Å². The molecule has 1 amide bonds. The molecule has 1 aromatic rings. The highest BCUT2D eigenvalue weighted by atomic mass is 16.3. The highest BCUT2D eigenvalue weighted by Crippen LogP contribution is 2.17. The lowest BCUT2D eigenvalue weighted by Crippen LogP contribution is -2.40. The van der Waals surface area contributed by atoms with Crippen LogP contribution in [-0.2, 0) is 11.2 Å². The summed E-state index contributed by atoms with van der Waals surface area (Å²) in [5, 5.41) is 12.7. The van der Waals surface area contributed by atoms with Gasteiger partial charge in [0.2, 0.25) is 5.91 Å². The minimum atomic E-state index is 0.0758. The Bertz CT molecular complexity index is 462. The summed E-state index contributed by atoms with van der Waals surface area (Å²) in [7, 11) is 0. The van der Waals surface area contributed by atoms with E-state index in [0.717, 1.165) is 25.2 Å². The number of carbonyl (C=O) groups is 1. The number of aromatic hydroxyl groups is 1. The molecule has 2 rings (SSSR count). The number of nitrogens with one attached hydrogen (secondary N) is 1. The lowest BCUT2D eigenvalue weighted by Gasteiger charge is -2.31. The molecule has 4 heteroatoms. The Morgan fingerprint density at radius 1 is 1.43 bits per heavy atom. The second-order valence-electron chi connectivity index (χ2n) is 5.83. The number of rotatable bonds is 6. The Kier molecular flexibility index (Phi) is 6.05. The van der Waals surface area contributed by atoms with Gasteiger partial charge >= 0.3 is 0 Å². The monoisotopic (exact) mass is 290 g/mol. The number of nitrogens with zero attached hydrogens (tertiary/aromatic N) is 1. The van der Waals surface area contributed by atoms with Gasteiger partial charge in [-0.1, -0.05) is 25.1 Å². The number of phenolic OH excluding ortho intramolecular Hbond substituents is 1. The lowest BCUT2D eigenvalue weighted by molar-refractivity contribution is -0.121. The molecule has 0 spiro atoms. The number of amides is 1. The van der Waals surface area contributed by atoms with E-state index in [2.05, 4.69) is 17.1 Å². The predicted octanol–water partition coefficient (Wildman–Crippen LogP) is 2.17. The minimum absolute atomic E-state index is 0.0758. The van der Waals surface area contributed by atoms with Crippen LogP contribution in [0.3, 0.4) is 0 Å². The third-order valence-electron chi connectivity index (χ3n) is 4.25. The summed E-state index contributed by atoms with van der Waals surface area (Å²) in [5.74, 6) is 0.927. The number of hydrogen-bond donors (Lipinski definition) is 2. The smallest absolute Gasteiger partial charge is 0.220 e. The molecule has 0 aromatic heterocycles. The number of para-hydroxylation sites is 1. The molecule has 1 aliphatic heterocycles. The molecule has 1 aromatic carbocycles. The van der Waals surface area contributed by atoms with Crippen LogP contribution in [0.25, 0.3) is 0 Å². The van der Waals surface area contributed by atoms with Crippen LogP contribution >= 0.6 is 0 Å². The van der Waals surface area contributed by atoms with E-state index in [1.807, 2.05) is 12.1 Å². The quantitative estimate of drug-likeness (QED) is 0.844. The lowest BCUT2D eigenvalue weighted by atomic mass is 9.98. The van der Waals surface area contributed by atoms with Crippen molar-refractivity contribution >= 4 is 5.91 Å². The molecule has 0 saturated carbocycles. The van der Waals surface area contributed by atoms with E-state index < -0.39 is 0 Å². The Balaban J connectivity index is 1.69. The maximum absolute atomic E-state index is 11.9. The van der Waals surface area contributed by atoms with Gasteiger partial charge in [-0.2, -0.15) is 0 Å². The fourth-order valence-corrected chi connectivity index (χ4v) is 2.92. The average Bonchev–Trinajstić information content (AvgIpc) is 2.52. The molecule has 0 bridgehead atoms. The van der Waals surface area contributed by atoms with Crippen molar-refractivity contribution in [3.63, 3.8) is 0 Å². The standard InChI is InChI=1S/C17H26N2O2/c1-2-19-11-5-6-14(13-19)12-18-17(21)10-9-15-7-3-4-8-16(15)20/h3-4,7-8,14,20H,2,5-6,9-13H2,1H3,(H,18,21)/t14-/m1/s1. The fourth-order valence-electron chi connectivity index (χ4n) is 2.92. The molecule has 1 heterocycles. The molecule has 2 N–H and O–H groups in total. The normalized spacial score (nSPS) is 19.4. The van der Waals surface area contributed by atoms with Crippen molar-refractivity contribution in [2.24, 2.45) is 5.92 Å². The first kappa shape index (κ1) is 15.8. The Labute approximate surface area is 127 Å². The summed E-state index contributed by atoms with van der Waals surface area (Å²) >= 11 is 0. The van der Waals surface area contributed by atoms with Gasteiger partial charge in [0.15, 0.2) is 0 Å². The molecule has 1 fully saturated rings. The fraction of sp³-hybridized carbons (Fsp3) is 0.588. The largest absolute Gasteiger partial charge is 0.508 e. The summed E-state index contributed by atoms with van der Waals surface area (Å²) in [5.41, 5.74) is 0.836. The van der Waals surface area contributed by atoms with Gasteiger partial charge < -0.3 is 15.3 Å². The SMILES string of the molecule is CCN1CCC[C@H](CNC(=O)CCc2ccccc2O)C1. The number of likely N-dealkylation sites (tertiary alicyclic amines) is 1. The van der Waals surface area contributed by atoms with Crippen molar-refractivity contribution in [3.05, 3.63) is 29.8 Å². The maximum Gasteiger partial charge on any atom is 0.220 e. The van der Waals surface area contributed by atoms with Crippen molar-refractivity contribution in [1.82, 2.24) is 10.2 Å². The summed E-state index contributed by atoms with van der Waals surface area (Å²) in [6, 6.07) is 7.20. The van der Waals surface area contributed by atoms with Crippen LogP contribution in [0.2, 0.25) is 0 Å². The molecule has 1 saturated heterocycles. The minimum Gasteiger partial charge on any atom is -0.508 e. The van der Waals surface area contributed by atoms with E-state index in [9.17, 15) is 9.90 Å². The molecular weight excluding hydrogens is 264 g/mol. The maximum atomic E-state index is 11.9. The van der Waals surface area contributed by atoms with Crippen LogP contribution in [0.15, 0.2) is 24.3 Å². The summed E-state index contributed by atoms with van der Waals surface area (Å²) < 4.78 is 0. The van der Waals surface area contributed by atoms with E-state index in [-0.39, 0.29) is 11.7 Å². The summed E-state index contributed by atoms with van der Waals surface area (Å²) in [6.45, 7) is 6.34. The van der Waals surface area contributed by atoms with Gasteiger partial charge in [-0.05, 0) is 49.9 Å². The van der Waals surface area contributed by atoms with Gasteiger partial charge in [0, 0.05) is 19.5 Å². The van der Waals surface area contributed by atoms with Crippen LogP contribution in [0.5, 0.6) is 5.75 Å². The third-order valence-corrected chi connectivity index (χ3v) is 4.25. The van der Waals surface area contributed by atoms with E-state index in [1.165, 1.54) is 19.4 Å². The molecule has 4 nitrogen and oxygen atoms in total. The van der Waals surface area contributed by atoms with Crippen LogP contribution in [0.4, 0.5) is 0 Å². The molecule has 0 radical (unpaired) electrons. The summed E-state index contributed by atoms with van der Waals surface area (Å²) in [4.78, 5) is 14.4. The highest BCUT2D eigenvalue weighted by Gasteiger charge is 2.19. The van der Waals surface area contributed by atoms with Crippen molar-refractivity contribution in [2.75, 3.05) is 26.2 Å². The molecular formula is C17H26N2O2. The first-order chi connectivity index (χ1) is 10.2. The number of piperidine rings is 1. The van der Waals surface area contributed by atoms with Crippen molar-refractivity contribution < 1.29 is 9.90 Å². The Hall–Kier alpha value is -1.55. The number of carbonyl (C=O) groups excluding carboxylic acids is 1. The molecule has 21 heavy (non-hydrogen) atoms. The first-order valence-electron chi connectivity index (χ1n) is 7.95. The number of aryl methyl sites for hydroxylation is 1. The van der Waals surface area contributed by atoms with Gasteiger partial charge in [-0.15, -0.1) is 0 Å². The van der Waals surface area contributed by atoms with E-state index in [0.29, 0.717) is 18.8 Å².